The maximum atomic E-state index is 9.39. The number of nitrogens with two attached hydrogens (primary N) is 1. The van der Waals surface area contributed by atoms with Crippen LogP contribution in [0.1, 0.15) is 24.3 Å². The summed E-state index contributed by atoms with van der Waals surface area (Å²) < 4.78 is 5.68. The van der Waals surface area contributed by atoms with Crippen molar-refractivity contribution in [2.45, 2.75) is 20.1 Å². The van der Waals surface area contributed by atoms with Crippen LogP contribution in [0.25, 0.3) is 0 Å². The van der Waals surface area contributed by atoms with Crippen LogP contribution in [-0.2, 0) is 0 Å². The minimum Gasteiger partial charge on any atom is -0.489 e. The van der Waals surface area contributed by atoms with Crippen molar-refractivity contribution in [1.29, 1.82) is 0 Å². The Morgan fingerprint density at radius 3 is 2.79 bits per heavy atom. The number of hydrogen-bond acceptors (Lipinski definition) is 3. The number of hydrogen-bond donors (Lipinski definition) is 2. The van der Waals surface area contributed by atoms with E-state index in [0.29, 0.717) is 17.9 Å². The van der Waals surface area contributed by atoms with Crippen LogP contribution in [0.5, 0.6) is 5.75 Å². The molecule has 0 radical (unpaired) electrons. The Labute approximate surface area is 114 Å². The summed E-state index contributed by atoms with van der Waals surface area (Å²) in [5.74, 6) is 0.708. The zero-order valence-electron chi connectivity index (χ0n) is 11.5. The van der Waals surface area contributed by atoms with Gasteiger partial charge in [-0.1, -0.05) is 36.9 Å². The molecule has 0 bridgehead atoms. The lowest BCUT2D eigenvalue weighted by Gasteiger charge is -2.11. The molecule has 3 nitrogen and oxygen atoms in total. The van der Waals surface area contributed by atoms with Gasteiger partial charge in [0.1, 0.15) is 18.6 Å². The zero-order chi connectivity index (χ0) is 14.3. The Morgan fingerprint density at radius 1 is 1.42 bits per heavy atom. The molecule has 0 saturated carbocycles. The van der Waals surface area contributed by atoms with Crippen LogP contribution in [0.2, 0.25) is 0 Å². The molecule has 1 atom stereocenters. The van der Waals surface area contributed by atoms with Crippen LogP contribution in [-0.4, -0.2) is 11.7 Å². The molecule has 0 aromatic heterocycles. The summed E-state index contributed by atoms with van der Waals surface area (Å²) in [5, 5.41) is 9.39. The Kier molecular flexibility index (Phi) is 6.06. The highest BCUT2D eigenvalue weighted by molar-refractivity contribution is 5.35. The van der Waals surface area contributed by atoms with E-state index in [-0.39, 0.29) is 0 Å². The second-order valence-electron chi connectivity index (χ2n) is 4.45. The van der Waals surface area contributed by atoms with Crippen LogP contribution in [0.15, 0.2) is 54.7 Å². The second kappa shape index (κ2) is 7.56. The standard InChI is InChI=1S/C16H21NO2/c1-4-5-6-7-12(2)11-19-15-9-13(3)8-14(10-15)16(17)18/h4-10,16,18H,1,11,17H2,2-3H3/b6-5-,12-7+. The molecule has 0 amide bonds. The first-order valence-corrected chi connectivity index (χ1v) is 6.16. The Morgan fingerprint density at radius 2 is 2.16 bits per heavy atom. The van der Waals surface area contributed by atoms with Crippen molar-refractivity contribution >= 4 is 0 Å². The highest BCUT2D eigenvalue weighted by Gasteiger charge is 2.04. The van der Waals surface area contributed by atoms with E-state index in [4.69, 9.17) is 10.5 Å². The highest BCUT2D eigenvalue weighted by atomic mass is 16.5. The molecule has 19 heavy (non-hydrogen) atoms. The zero-order valence-corrected chi connectivity index (χ0v) is 11.5. The van der Waals surface area contributed by atoms with Gasteiger partial charge in [-0.2, -0.15) is 0 Å². The van der Waals surface area contributed by atoms with Crippen LogP contribution >= 0.6 is 0 Å². The third kappa shape index (κ3) is 5.55. The summed E-state index contributed by atoms with van der Waals surface area (Å²) in [7, 11) is 0. The molecule has 0 aliphatic carbocycles. The second-order valence-corrected chi connectivity index (χ2v) is 4.45. The fourth-order valence-corrected chi connectivity index (χ4v) is 1.57. The Bertz CT molecular complexity index is 488. The van der Waals surface area contributed by atoms with E-state index >= 15 is 0 Å². The van der Waals surface area contributed by atoms with Crippen molar-refractivity contribution in [2.75, 3.05) is 6.61 Å². The Hall–Kier alpha value is -1.84. The van der Waals surface area contributed by atoms with E-state index in [1.807, 2.05) is 44.2 Å². The van der Waals surface area contributed by atoms with Gasteiger partial charge in [-0.25, -0.2) is 0 Å². The largest absolute Gasteiger partial charge is 0.489 e. The normalized spacial score (nSPS) is 13.6. The maximum absolute atomic E-state index is 9.39. The van der Waals surface area contributed by atoms with Crippen LogP contribution in [0.3, 0.4) is 0 Å². The predicted molar refractivity (Wildman–Crippen MR) is 78.9 cm³/mol. The lowest BCUT2D eigenvalue weighted by molar-refractivity contribution is 0.185. The molecule has 1 unspecified atom stereocenters. The van der Waals surface area contributed by atoms with E-state index in [9.17, 15) is 5.11 Å². The molecular weight excluding hydrogens is 238 g/mol. The lowest BCUT2D eigenvalue weighted by atomic mass is 10.1. The first-order chi connectivity index (χ1) is 9.02. The van der Waals surface area contributed by atoms with Gasteiger partial charge in [-0.05, 0) is 42.7 Å². The number of aliphatic hydroxyl groups is 1. The minimum atomic E-state index is -0.977. The fraction of sp³-hybridized carbons (Fsp3) is 0.250. The SMILES string of the molecule is C=C/C=C\C=C(/C)COc1cc(C)cc(C(N)O)c1. The van der Waals surface area contributed by atoms with Gasteiger partial charge in [0, 0.05) is 0 Å². The van der Waals surface area contributed by atoms with E-state index < -0.39 is 6.23 Å². The van der Waals surface area contributed by atoms with E-state index in [1.165, 1.54) is 0 Å². The molecule has 1 aromatic carbocycles. The predicted octanol–water partition coefficient (Wildman–Crippen LogP) is 3.01. The first-order valence-electron chi connectivity index (χ1n) is 6.16. The molecular formula is C16H21NO2. The number of aliphatic hydroxyl groups excluding tert-OH is 1. The summed E-state index contributed by atoms with van der Waals surface area (Å²) in [5.41, 5.74) is 8.21. The van der Waals surface area contributed by atoms with Crippen molar-refractivity contribution in [1.82, 2.24) is 0 Å². The van der Waals surface area contributed by atoms with Crippen LogP contribution in [0.4, 0.5) is 0 Å². The number of rotatable bonds is 6. The van der Waals surface area contributed by atoms with Gasteiger partial charge in [-0.3, -0.25) is 0 Å². The minimum absolute atomic E-state index is 0.491. The summed E-state index contributed by atoms with van der Waals surface area (Å²) in [6.45, 7) is 8.02. The van der Waals surface area contributed by atoms with E-state index in [2.05, 4.69) is 6.58 Å². The summed E-state index contributed by atoms with van der Waals surface area (Å²) in [4.78, 5) is 0. The molecule has 102 valence electrons. The molecule has 0 spiro atoms. The third-order valence-electron chi connectivity index (χ3n) is 2.51. The fourth-order valence-electron chi connectivity index (χ4n) is 1.57. The van der Waals surface area contributed by atoms with Gasteiger partial charge in [0.25, 0.3) is 0 Å². The summed E-state index contributed by atoms with van der Waals surface area (Å²) >= 11 is 0. The molecule has 3 N–H and O–H groups in total. The lowest BCUT2D eigenvalue weighted by Crippen LogP contribution is -2.09. The molecule has 0 fully saturated rings. The summed E-state index contributed by atoms with van der Waals surface area (Å²) in [6.07, 6.45) is 6.49. The van der Waals surface area contributed by atoms with Gasteiger partial charge < -0.3 is 15.6 Å². The van der Waals surface area contributed by atoms with Crippen LogP contribution < -0.4 is 10.5 Å². The van der Waals surface area contributed by atoms with Gasteiger partial charge in [-0.15, -0.1) is 0 Å². The van der Waals surface area contributed by atoms with Crippen molar-refractivity contribution in [3.63, 3.8) is 0 Å². The van der Waals surface area contributed by atoms with Crippen LogP contribution in [0, 0.1) is 6.92 Å². The van der Waals surface area contributed by atoms with Crippen molar-refractivity contribution in [3.05, 3.63) is 65.8 Å². The Balaban J connectivity index is 2.70. The van der Waals surface area contributed by atoms with Gasteiger partial charge in [0.15, 0.2) is 0 Å². The first kappa shape index (κ1) is 15.2. The van der Waals surface area contributed by atoms with Gasteiger partial charge in [0.05, 0.1) is 0 Å². The summed E-state index contributed by atoms with van der Waals surface area (Å²) in [6, 6.07) is 5.51. The molecule has 1 aromatic rings. The quantitative estimate of drug-likeness (QED) is 0.610. The molecule has 0 heterocycles. The average Bonchev–Trinajstić information content (AvgIpc) is 2.36. The average molecular weight is 259 g/mol. The molecule has 1 rings (SSSR count). The third-order valence-corrected chi connectivity index (χ3v) is 2.51. The molecule has 0 aliphatic heterocycles. The number of aryl methyl sites for hydroxylation is 1. The number of allylic oxidation sites excluding steroid dienone is 4. The highest BCUT2D eigenvalue weighted by Crippen LogP contribution is 2.20. The van der Waals surface area contributed by atoms with Crippen molar-refractivity contribution < 1.29 is 9.84 Å². The maximum Gasteiger partial charge on any atom is 0.128 e. The smallest absolute Gasteiger partial charge is 0.128 e. The molecule has 0 saturated heterocycles. The van der Waals surface area contributed by atoms with Gasteiger partial charge in [0.2, 0.25) is 0 Å². The number of ether oxygens (including phenoxy) is 1. The van der Waals surface area contributed by atoms with Crippen molar-refractivity contribution in [3.8, 4) is 5.75 Å². The van der Waals surface area contributed by atoms with E-state index in [0.717, 1.165) is 11.1 Å². The monoisotopic (exact) mass is 259 g/mol. The topological polar surface area (TPSA) is 55.5 Å². The molecule has 0 aliphatic rings. The van der Waals surface area contributed by atoms with Gasteiger partial charge >= 0.3 is 0 Å². The van der Waals surface area contributed by atoms with E-state index in [1.54, 1.807) is 12.1 Å². The van der Waals surface area contributed by atoms with Crippen molar-refractivity contribution in [2.24, 2.45) is 5.73 Å². The molecule has 3 heteroatoms. The number of benzene rings is 1.